The Labute approximate surface area is 111 Å². The highest BCUT2D eigenvalue weighted by Crippen LogP contribution is 2.26. The van der Waals surface area contributed by atoms with Gasteiger partial charge in [-0.25, -0.2) is 4.98 Å². The fraction of sp³-hybridized carbons (Fsp3) is 0.308. The quantitative estimate of drug-likeness (QED) is 0.890. The van der Waals surface area contributed by atoms with E-state index in [0.717, 1.165) is 11.3 Å². The molecule has 2 N–H and O–H groups in total. The van der Waals surface area contributed by atoms with Crippen LogP contribution in [-0.4, -0.2) is 29.2 Å². The number of pyridine rings is 1. The molecule has 0 fully saturated rings. The SMILES string of the molecule is COc1cnc(C(N)c2ncccc2C)c(OC)n1. The van der Waals surface area contributed by atoms with E-state index in [-0.39, 0.29) is 0 Å². The molecule has 0 aliphatic rings. The molecule has 2 aromatic rings. The molecule has 1 unspecified atom stereocenters. The first-order valence-corrected chi connectivity index (χ1v) is 5.79. The minimum Gasteiger partial charge on any atom is -0.480 e. The number of methoxy groups -OCH3 is 2. The number of aromatic nitrogens is 3. The van der Waals surface area contributed by atoms with E-state index >= 15 is 0 Å². The molecule has 2 heterocycles. The summed E-state index contributed by atoms with van der Waals surface area (Å²) >= 11 is 0. The van der Waals surface area contributed by atoms with Gasteiger partial charge in [-0.2, -0.15) is 4.98 Å². The van der Waals surface area contributed by atoms with E-state index in [0.29, 0.717) is 17.5 Å². The van der Waals surface area contributed by atoms with Crippen LogP contribution >= 0.6 is 0 Å². The van der Waals surface area contributed by atoms with E-state index in [2.05, 4.69) is 15.0 Å². The third kappa shape index (κ3) is 2.63. The third-order valence-corrected chi connectivity index (χ3v) is 2.79. The first kappa shape index (κ1) is 13.2. The summed E-state index contributed by atoms with van der Waals surface area (Å²) in [7, 11) is 3.04. The molecule has 0 radical (unpaired) electrons. The largest absolute Gasteiger partial charge is 0.480 e. The Morgan fingerprint density at radius 3 is 2.58 bits per heavy atom. The molecule has 1 atom stereocenters. The maximum absolute atomic E-state index is 6.20. The number of hydrogen-bond acceptors (Lipinski definition) is 6. The monoisotopic (exact) mass is 260 g/mol. The zero-order chi connectivity index (χ0) is 13.8. The van der Waals surface area contributed by atoms with Gasteiger partial charge in [0.05, 0.1) is 32.2 Å². The van der Waals surface area contributed by atoms with Crippen LogP contribution in [-0.2, 0) is 0 Å². The highest BCUT2D eigenvalue weighted by Gasteiger charge is 2.20. The van der Waals surface area contributed by atoms with E-state index in [1.807, 2.05) is 19.1 Å². The van der Waals surface area contributed by atoms with Gasteiger partial charge < -0.3 is 15.2 Å². The normalized spacial score (nSPS) is 12.0. The molecule has 0 aromatic carbocycles. The van der Waals surface area contributed by atoms with Crippen molar-refractivity contribution in [1.82, 2.24) is 15.0 Å². The topological polar surface area (TPSA) is 83.2 Å². The number of hydrogen-bond donors (Lipinski definition) is 1. The van der Waals surface area contributed by atoms with Crippen molar-refractivity contribution in [1.29, 1.82) is 0 Å². The summed E-state index contributed by atoms with van der Waals surface area (Å²) in [5.41, 5.74) is 8.48. The second-order valence-corrected chi connectivity index (χ2v) is 3.99. The Morgan fingerprint density at radius 1 is 1.16 bits per heavy atom. The molecule has 100 valence electrons. The number of aryl methyl sites for hydroxylation is 1. The molecule has 0 spiro atoms. The maximum Gasteiger partial charge on any atom is 0.240 e. The van der Waals surface area contributed by atoms with Crippen LogP contribution in [0.3, 0.4) is 0 Å². The lowest BCUT2D eigenvalue weighted by Gasteiger charge is -2.15. The van der Waals surface area contributed by atoms with E-state index in [9.17, 15) is 0 Å². The standard InChI is InChI=1S/C13H16N4O2/c1-8-5-4-6-15-11(8)10(14)12-13(19-3)17-9(18-2)7-16-12/h4-7,10H,14H2,1-3H3. The molecule has 2 aromatic heterocycles. The summed E-state index contributed by atoms with van der Waals surface area (Å²) in [6.07, 6.45) is 3.21. The fourth-order valence-electron chi connectivity index (χ4n) is 1.78. The van der Waals surface area contributed by atoms with Crippen molar-refractivity contribution in [3.05, 3.63) is 41.5 Å². The van der Waals surface area contributed by atoms with Gasteiger partial charge in [-0.1, -0.05) is 6.07 Å². The first-order valence-electron chi connectivity index (χ1n) is 5.79. The molecular formula is C13H16N4O2. The highest BCUT2D eigenvalue weighted by atomic mass is 16.5. The first-order chi connectivity index (χ1) is 9.17. The Bertz CT molecular complexity index is 574. The van der Waals surface area contributed by atoms with Crippen molar-refractivity contribution in [3.8, 4) is 11.8 Å². The van der Waals surface area contributed by atoms with E-state index in [1.54, 1.807) is 6.20 Å². The molecular weight excluding hydrogens is 244 g/mol. The zero-order valence-electron chi connectivity index (χ0n) is 11.1. The van der Waals surface area contributed by atoms with Gasteiger partial charge in [-0.15, -0.1) is 0 Å². The van der Waals surface area contributed by atoms with Crippen LogP contribution in [0.1, 0.15) is 23.0 Å². The summed E-state index contributed by atoms with van der Waals surface area (Å²) in [6.45, 7) is 1.95. The van der Waals surface area contributed by atoms with Gasteiger partial charge in [-0.05, 0) is 18.6 Å². The summed E-state index contributed by atoms with van der Waals surface area (Å²) in [5, 5.41) is 0. The molecule has 0 saturated carbocycles. The Kier molecular flexibility index (Phi) is 3.91. The molecule has 0 aliphatic carbocycles. The van der Waals surface area contributed by atoms with Crippen molar-refractivity contribution < 1.29 is 9.47 Å². The number of rotatable bonds is 4. The van der Waals surface area contributed by atoms with Crippen molar-refractivity contribution >= 4 is 0 Å². The summed E-state index contributed by atoms with van der Waals surface area (Å²) < 4.78 is 10.2. The lowest BCUT2D eigenvalue weighted by atomic mass is 10.1. The zero-order valence-corrected chi connectivity index (χ0v) is 11.1. The van der Waals surface area contributed by atoms with Crippen LogP contribution in [0.2, 0.25) is 0 Å². The van der Waals surface area contributed by atoms with Gasteiger partial charge in [0.15, 0.2) is 0 Å². The molecule has 0 bridgehead atoms. The Hall–Kier alpha value is -2.21. The molecule has 0 aliphatic heterocycles. The van der Waals surface area contributed by atoms with Crippen molar-refractivity contribution in [3.63, 3.8) is 0 Å². The van der Waals surface area contributed by atoms with E-state index in [1.165, 1.54) is 20.4 Å². The maximum atomic E-state index is 6.20. The second-order valence-electron chi connectivity index (χ2n) is 3.99. The van der Waals surface area contributed by atoms with Crippen molar-refractivity contribution in [2.45, 2.75) is 13.0 Å². The van der Waals surface area contributed by atoms with Gasteiger partial charge in [-0.3, -0.25) is 4.98 Å². The van der Waals surface area contributed by atoms with Crippen LogP contribution in [0.5, 0.6) is 11.8 Å². The van der Waals surface area contributed by atoms with Gasteiger partial charge in [0.25, 0.3) is 0 Å². The average Bonchev–Trinajstić information content (AvgIpc) is 2.46. The minimum atomic E-state index is -0.491. The molecule has 2 rings (SSSR count). The molecule has 19 heavy (non-hydrogen) atoms. The van der Waals surface area contributed by atoms with Gasteiger partial charge in [0.1, 0.15) is 5.69 Å². The predicted octanol–water partition coefficient (Wildman–Crippen LogP) is 1.25. The highest BCUT2D eigenvalue weighted by molar-refractivity contribution is 5.34. The van der Waals surface area contributed by atoms with Crippen LogP contribution < -0.4 is 15.2 Å². The summed E-state index contributed by atoms with van der Waals surface area (Å²) in [5.74, 6) is 0.724. The number of nitrogens with zero attached hydrogens (tertiary/aromatic N) is 3. The molecule has 0 saturated heterocycles. The van der Waals surface area contributed by atoms with Crippen LogP contribution in [0.15, 0.2) is 24.5 Å². The summed E-state index contributed by atoms with van der Waals surface area (Å²) in [6, 6.07) is 3.32. The average molecular weight is 260 g/mol. The third-order valence-electron chi connectivity index (χ3n) is 2.79. The summed E-state index contributed by atoms with van der Waals surface area (Å²) in [4.78, 5) is 12.7. The van der Waals surface area contributed by atoms with Gasteiger partial charge in [0, 0.05) is 6.20 Å². The van der Waals surface area contributed by atoms with Crippen LogP contribution in [0.4, 0.5) is 0 Å². The second kappa shape index (κ2) is 5.62. The molecule has 0 amide bonds. The number of ether oxygens (including phenoxy) is 2. The van der Waals surface area contributed by atoms with E-state index in [4.69, 9.17) is 15.2 Å². The molecule has 6 heteroatoms. The van der Waals surface area contributed by atoms with Crippen molar-refractivity contribution in [2.75, 3.05) is 14.2 Å². The fourth-order valence-corrected chi connectivity index (χ4v) is 1.78. The predicted molar refractivity (Wildman–Crippen MR) is 70.1 cm³/mol. The van der Waals surface area contributed by atoms with Crippen LogP contribution in [0.25, 0.3) is 0 Å². The van der Waals surface area contributed by atoms with E-state index < -0.39 is 6.04 Å². The Balaban J connectivity index is 2.44. The lowest BCUT2D eigenvalue weighted by molar-refractivity contribution is 0.355. The van der Waals surface area contributed by atoms with Gasteiger partial charge >= 0.3 is 0 Å². The minimum absolute atomic E-state index is 0.344. The number of nitrogens with two attached hydrogens (primary N) is 1. The van der Waals surface area contributed by atoms with Crippen LogP contribution in [0, 0.1) is 6.92 Å². The Morgan fingerprint density at radius 2 is 1.95 bits per heavy atom. The lowest BCUT2D eigenvalue weighted by Crippen LogP contribution is -2.18. The van der Waals surface area contributed by atoms with Gasteiger partial charge in [0.2, 0.25) is 11.8 Å². The smallest absolute Gasteiger partial charge is 0.240 e. The molecule has 6 nitrogen and oxygen atoms in total. The van der Waals surface area contributed by atoms with Crippen molar-refractivity contribution in [2.24, 2.45) is 5.73 Å².